The molecule has 0 saturated heterocycles. The van der Waals surface area contributed by atoms with Gasteiger partial charge in [0.2, 0.25) is 12.1 Å². The summed E-state index contributed by atoms with van der Waals surface area (Å²) in [5.41, 5.74) is 4.41. The quantitative estimate of drug-likeness (QED) is 0.103. The van der Waals surface area contributed by atoms with Crippen LogP contribution in [-0.2, 0) is 24.9 Å². The van der Waals surface area contributed by atoms with Crippen LogP contribution in [0.2, 0.25) is 0 Å². The van der Waals surface area contributed by atoms with E-state index in [0.717, 1.165) is 56.1 Å². The van der Waals surface area contributed by atoms with Gasteiger partial charge in [-0.25, -0.2) is 19.1 Å². The molecule has 10 heteroatoms. The van der Waals surface area contributed by atoms with Gasteiger partial charge >= 0.3 is 0 Å². The highest BCUT2D eigenvalue weighted by atomic mass is 16.3. The molecule has 0 aliphatic heterocycles. The Morgan fingerprint density at radius 3 is 2.17 bits per heavy atom. The van der Waals surface area contributed by atoms with Crippen molar-refractivity contribution >= 4 is 34.2 Å². The van der Waals surface area contributed by atoms with Gasteiger partial charge in [-0.05, 0) is 68.0 Å². The number of imidazole rings is 2. The SMILES string of the molecule is CC1=C(O)C(Nc2ccc(NCCCn3cc[n+](C)c3)cc2)=CC(=Nc2ccc(NCCCn3ccnc3)cc2)C1=O. The van der Waals surface area contributed by atoms with Crippen LogP contribution in [0.1, 0.15) is 19.8 Å². The van der Waals surface area contributed by atoms with E-state index in [0.29, 0.717) is 11.4 Å². The second-order valence-corrected chi connectivity index (χ2v) is 10.3. The molecule has 2 heterocycles. The predicted molar refractivity (Wildman–Crippen MR) is 166 cm³/mol. The van der Waals surface area contributed by atoms with Crippen LogP contribution < -0.4 is 20.5 Å². The van der Waals surface area contributed by atoms with Crippen molar-refractivity contribution < 1.29 is 14.5 Å². The zero-order chi connectivity index (χ0) is 29.3. The molecular formula is C32H37N8O2+. The third-order valence-electron chi connectivity index (χ3n) is 6.97. The van der Waals surface area contributed by atoms with Crippen LogP contribution in [0.3, 0.4) is 0 Å². The van der Waals surface area contributed by atoms with Crippen molar-refractivity contribution in [3.63, 3.8) is 0 Å². The topological polar surface area (TPSA) is 112 Å². The van der Waals surface area contributed by atoms with Crippen molar-refractivity contribution in [3.05, 3.63) is 109 Å². The van der Waals surface area contributed by atoms with E-state index in [1.54, 1.807) is 19.2 Å². The van der Waals surface area contributed by atoms with Crippen molar-refractivity contribution in [1.82, 2.24) is 14.1 Å². The summed E-state index contributed by atoms with van der Waals surface area (Å²) in [5, 5.41) is 20.8. The van der Waals surface area contributed by atoms with Crippen LogP contribution in [0.4, 0.5) is 22.7 Å². The summed E-state index contributed by atoms with van der Waals surface area (Å²) in [7, 11) is 2.01. The number of aliphatic hydroxyl groups is 1. The number of allylic oxidation sites excluding steroid dienone is 2. The smallest absolute Gasteiger partial charge is 0.243 e. The summed E-state index contributed by atoms with van der Waals surface area (Å²) in [6, 6.07) is 15.5. The van der Waals surface area contributed by atoms with Gasteiger partial charge in [0.15, 0.2) is 0 Å². The maximum absolute atomic E-state index is 12.9. The lowest BCUT2D eigenvalue weighted by atomic mass is 9.99. The monoisotopic (exact) mass is 565 g/mol. The van der Waals surface area contributed by atoms with E-state index in [1.807, 2.05) is 83.4 Å². The van der Waals surface area contributed by atoms with Crippen LogP contribution in [-0.4, -0.2) is 43.8 Å². The molecule has 2 aromatic heterocycles. The van der Waals surface area contributed by atoms with Gasteiger partial charge in [0.05, 0.1) is 31.3 Å². The summed E-state index contributed by atoms with van der Waals surface area (Å²) in [4.78, 5) is 21.5. The Balaban J connectivity index is 1.16. The number of carbonyl (C=O) groups excluding carboxylic acids is 1. The van der Waals surface area contributed by atoms with Crippen LogP contribution in [0.25, 0.3) is 0 Å². The number of nitrogens with one attached hydrogen (secondary N) is 3. The molecule has 216 valence electrons. The Morgan fingerprint density at radius 1 is 0.905 bits per heavy atom. The predicted octanol–water partition coefficient (Wildman–Crippen LogP) is 5.00. The highest BCUT2D eigenvalue weighted by molar-refractivity contribution is 6.51. The first kappa shape index (κ1) is 28.4. The molecular weight excluding hydrogens is 528 g/mol. The first-order chi connectivity index (χ1) is 20.4. The zero-order valence-corrected chi connectivity index (χ0v) is 24.0. The number of ketones is 1. The van der Waals surface area contributed by atoms with E-state index in [4.69, 9.17) is 0 Å². The lowest BCUT2D eigenvalue weighted by Crippen LogP contribution is -2.23. The fourth-order valence-corrected chi connectivity index (χ4v) is 4.61. The maximum Gasteiger partial charge on any atom is 0.243 e. The molecule has 0 atom stereocenters. The molecule has 1 aliphatic carbocycles. The minimum atomic E-state index is -0.298. The van der Waals surface area contributed by atoms with Gasteiger partial charge in [-0.15, -0.1) is 0 Å². The first-order valence-electron chi connectivity index (χ1n) is 14.1. The molecule has 0 amide bonds. The van der Waals surface area contributed by atoms with E-state index >= 15 is 0 Å². The minimum Gasteiger partial charge on any atom is -0.505 e. The Kier molecular flexibility index (Phi) is 9.13. The summed E-state index contributed by atoms with van der Waals surface area (Å²) >= 11 is 0. The van der Waals surface area contributed by atoms with Gasteiger partial charge < -0.3 is 25.6 Å². The largest absolute Gasteiger partial charge is 0.505 e. The Bertz CT molecular complexity index is 1580. The second-order valence-electron chi connectivity index (χ2n) is 10.3. The maximum atomic E-state index is 12.9. The van der Waals surface area contributed by atoms with Crippen LogP contribution in [0.5, 0.6) is 0 Å². The number of aliphatic imine (C=N–C) groups is 1. The molecule has 0 fully saturated rings. The van der Waals surface area contributed by atoms with Crippen molar-refractivity contribution in [2.75, 3.05) is 29.0 Å². The minimum absolute atomic E-state index is 0.0743. The van der Waals surface area contributed by atoms with E-state index in [2.05, 4.69) is 43.0 Å². The van der Waals surface area contributed by atoms with Gasteiger partial charge in [-0.3, -0.25) is 4.79 Å². The summed E-state index contributed by atoms with van der Waals surface area (Å²) < 4.78 is 6.24. The molecule has 0 spiro atoms. The number of aryl methyl sites for hydroxylation is 3. The molecule has 5 rings (SSSR count). The summed E-state index contributed by atoms with van der Waals surface area (Å²) in [6.07, 6.45) is 15.3. The average molecular weight is 566 g/mol. The Morgan fingerprint density at radius 2 is 1.55 bits per heavy atom. The second kappa shape index (κ2) is 13.5. The number of aliphatic hydroxyl groups excluding tert-OH is 1. The van der Waals surface area contributed by atoms with Gasteiger partial charge in [0.25, 0.3) is 0 Å². The molecule has 0 radical (unpaired) electrons. The summed E-state index contributed by atoms with van der Waals surface area (Å²) in [5.74, 6) is -0.372. The number of Topliss-reactive ketones (excluding diaryl/α,β-unsaturated/α-hetero) is 1. The number of nitrogens with zero attached hydrogens (tertiary/aromatic N) is 5. The molecule has 4 N–H and O–H groups in total. The fourth-order valence-electron chi connectivity index (χ4n) is 4.61. The molecule has 1 aliphatic rings. The van der Waals surface area contributed by atoms with Crippen LogP contribution in [0.15, 0.2) is 114 Å². The molecule has 2 aromatic carbocycles. The van der Waals surface area contributed by atoms with E-state index in [9.17, 15) is 9.90 Å². The Hall–Kier alpha value is -5.12. The van der Waals surface area contributed by atoms with Gasteiger partial charge in [0, 0.05) is 61.1 Å². The average Bonchev–Trinajstić information content (AvgIpc) is 3.68. The Labute approximate surface area is 245 Å². The number of hydrogen-bond acceptors (Lipinski definition) is 7. The third kappa shape index (κ3) is 7.54. The molecule has 0 saturated carbocycles. The fraction of sp³-hybridized carbons (Fsp3) is 0.250. The van der Waals surface area contributed by atoms with E-state index < -0.39 is 0 Å². The van der Waals surface area contributed by atoms with Crippen molar-refractivity contribution in [2.24, 2.45) is 12.0 Å². The van der Waals surface area contributed by atoms with Gasteiger partial charge in [-0.2, -0.15) is 0 Å². The number of anilines is 3. The normalized spacial score (nSPS) is 14.3. The van der Waals surface area contributed by atoms with Gasteiger partial charge in [-0.1, -0.05) is 0 Å². The highest BCUT2D eigenvalue weighted by Gasteiger charge is 2.24. The first-order valence-corrected chi connectivity index (χ1v) is 14.1. The van der Waals surface area contributed by atoms with Gasteiger partial charge in [0.1, 0.15) is 23.9 Å². The third-order valence-corrected chi connectivity index (χ3v) is 6.97. The number of carbonyl (C=O) groups is 1. The van der Waals surface area contributed by atoms with E-state index in [-0.39, 0.29) is 22.8 Å². The zero-order valence-electron chi connectivity index (χ0n) is 24.0. The summed E-state index contributed by atoms with van der Waals surface area (Å²) in [6.45, 7) is 5.14. The van der Waals surface area contributed by atoms with Crippen molar-refractivity contribution in [2.45, 2.75) is 32.9 Å². The van der Waals surface area contributed by atoms with Crippen molar-refractivity contribution in [3.8, 4) is 0 Å². The lowest BCUT2D eigenvalue weighted by Gasteiger charge is -2.18. The van der Waals surface area contributed by atoms with Crippen LogP contribution >= 0.6 is 0 Å². The number of aromatic nitrogens is 4. The lowest BCUT2D eigenvalue weighted by molar-refractivity contribution is -0.671. The molecule has 10 nitrogen and oxygen atoms in total. The number of benzene rings is 2. The highest BCUT2D eigenvalue weighted by Crippen LogP contribution is 2.25. The number of hydrogen-bond donors (Lipinski definition) is 4. The van der Waals surface area contributed by atoms with Crippen LogP contribution in [0, 0.1) is 0 Å². The van der Waals surface area contributed by atoms with E-state index in [1.165, 1.54) is 0 Å². The standard InChI is InChI=1S/C32H36N8O2/c1-24-31(41)29(36-27-9-5-25(6-10-27)34-13-3-16-39-18-15-33-22-39)21-30(32(24)42)37-28-11-7-26(8-12-28)35-14-4-17-40-20-19-38(2)23-40/h5-12,15,18-23H,3-4,13-14,16-17H2,1-2H3,(H3-,34,35,36,37,41,42)/p+1. The molecule has 42 heavy (non-hydrogen) atoms. The molecule has 4 aromatic rings. The number of rotatable bonds is 13. The molecule has 0 bridgehead atoms. The van der Waals surface area contributed by atoms with Crippen molar-refractivity contribution in [1.29, 1.82) is 0 Å². The molecule has 0 unspecified atom stereocenters.